The molecule has 0 aliphatic heterocycles. The SMILES string of the molecule is C=CCn1c(SCC(O)c2cccc([N+](=O)[O-])c2)nnc1C1CC1. The fraction of sp³-hybridized carbons (Fsp3) is 0.375. The lowest BCUT2D eigenvalue weighted by atomic mass is 10.1. The smallest absolute Gasteiger partial charge is 0.269 e. The average molecular weight is 346 g/mol. The Morgan fingerprint density at radius 2 is 2.29 bits per heavy atom. The molecule has 1 aliphatic carbocycles. The molecular weight excluding hydrogens is 328 g/mol. The monoisotopic (exact) mass is 346 g/mol. The third kappa shape index (κ3) is 3.65. The first-order valence-electron chi connectivity index (χ1n) is 7.69. The standard InChI is InChI=1S/C16H18N4O3S/c1-2-8-19-15(11-6-7-11)17-18-16(19)24-10-14(21)12-4-3-5-13(9-12)20(22)23/h2-5,9,11,14,21H,1,6-8,10H2. The molecule has 1 fully saturated rings. The predicted molar refractivity (Wildman–Crippen MR) is 91.0 cm³/mol. The molecule has 1 atom stereocenters. The van der Waals surface area contributed by atoms with E-state index < -0.39 is 11.0 Å². The number of non-ortho nitro benzene ring substituents is 1. The van der Waals surface area contributed by atoms with Crippen LogP contribution >= 0.6 is 11.8 Å². The maximum atomic E-state index is 10.8. The van der Waals surface area contributed by atoms with E-state index in [0.717, 1.165) is 23.8 Å². The largest absolute Gasteiger partial charge is 0.388 e. The summed E-state index contributed by atoms with van der Waals surface area (Å²) in [4.78, 5) is 10.4. The van der Waals surface area contributed by atoms with Gasteiger partial charge in [-0.25, -0.2) is 0 Å². The summed E-state index contributed by atoms with van der Waals surface area (Å²) in [6, 6.07) is 6.07. The van der Waals surface area contributed by atoms with E-state index in [1.807, 2.05) is 4.57 Å². The molecule has 24 heavy (non-hydrogen) atoms. The lowest BCUT2D eigenvalue weighted by molar-refractivity contribution is -0.385. The molecule has 0 bridgehead atoms. The molecule has 1 aliphatic rings. The van der Waals surface area contributed by atoms with Crippen LogP contribution in [0.15, 0.2) is 42.1 Å². The number of hydrogen-bond donors (Lipinski definition) is 1. The van der Waals surface area contributed by atoms with Crippen molar-refractivity contribution < 1.29 is 10.0 Å². The van der Waals surface area contributed by atoms with Crippen LogP contribution < -0.4 is 0 Å². The van der Waals surface area contributed by atoms with Gasteiger partial charge in [-0.3, -0.25) is 10.1 Å². The van der Waals surface area contributed by atoms with Crippen LogP contribution in [0.25, 0.3) is 0 Å². The Balaban J connectivity index is 1.70. The summed E-state index contributed by atoms with van der Waals surface area (Å²) >= 11 is 1.39. The summed E-state index contributed by atoms with van der Waals surface area (Å²) in [5, 5.41) is 30.4. The Kier molecular flexibility index (Phi) is 4.96. The van der Waals surface area contributed by atoms with Crippen molar-refractivity contribution in [2.75, 3.05) is 5.75 Å². The van der Waals surface area contributed by atoms with Crippen molar-refractivity contribution in [3.63, 3.8) is 0 Å². The Labute approximate surface area is 143 Å². The minimum Gasteiger partial charge on any atom is -0.388 e. The minimum absolute atomic E-state index is 0.0256. The fourth-order valence-corrected chi connectivity index (χ4v) is 3.37. The molecule has 0 amide bonds. The molecule has 0 radical (unpaired) electrons. The van der Waals surface area contributed by atoms with Crippen LogP contribution in [0.2, 0.25) is 0 Å². The van der Waals surface area contributed by atoms with Gasteiger partial charge in [-0.15, -0.1) is 16.8 Å². The normalized spacial score (nSPS) is 15.2. The molecule has 7 nitrogen and oxygen atoms in total. The highest BCUT2D eigenvalue weighted by molar-refractivity contribution is 7.99. The van der Waals surface area contributed by atoms with Crippen LogP contribution in [-0.2, 0) is 6.54 Å². The van der Waals surface area contributed by atoms with Crippen molar-refractivity contribution in [1.82, 2.24) is 14.8 Å². The molecule has 1 aromatic carbocycles. The summed E-state index contributed by atoms with van der Waals surface area (Å²) in [7, 11) is 0. The molecular formula is C16H18N4O3S. The molecule has 0 saturated heterocycles. The number of allylic oxidation sites excluding steroid dienone is 1. The molecule has 2 aromatic rings. The summed E-state index contributed by atoms with van der Waals surface area (Å²) in [6.45, 7) is 4.40. The molecule has 1 N–H and O–H groups in total. The Morgan fingerprint density at radius 1 is 1.50 bits per heavy atom. The second-order valence-electron chi connectivity index (χ2n) is 5.69. The predicted octanol–water partition coefficient (Wildman–Crippen LogP) is 3.08. The van der Waals surface area contributed by atoms with Gasteiger partial charge in [-0.05, 0) is 18.4 Å². The van der Waals surface area contributed by atoms with E-state index in [9.17, 15) is 15.2 Å². The van der Waals surface area contributed by atoms with Gasteiger partial charge in [-0.2, -0.15) is 0 Å². The van der Waals surface area contributed by atoms with Crippen LogP contribution in [0.4, 0.5) is 5.69 Å². The van der Waals surface area contributed by atoms with Gasteiger partial charge < -0.3 is 9.67 Å². The number of rotatable bonds is 8. The zero-order chi connectivity index (χ0) is 17.1. The molecule has 1 unspecified atom stereocenters. The summed E-state index contributed by atoms with van der Waals surface area (Å²) in [5.74, 6) is 1.80. The number of hydrogen-bond acceptors (Lipinski definition) is 6. The molecule has 1 heterocycles. The zero-order valence-corrected chi connectivity index (χ0v) is 13.9. The highest BCUT2D eigenvalue weighted by Gasteiger charge is 2.30. The van der Waals surface area contributed by atoms with E-state index in [-0.39, 0.29) is 5.69 Å². The lowest BCUT2D eigenvalue weighted by Crippen LogP contribution is -2.05. The molecule has 1 aromatic heterocycles. The maximum absolute atomic E-state index is 10.8. The van der Waals surface area contributed by atoms with Crippen molar-refractivity contribution in [2.24, 2.45) is 0 Å². The van der Waals surface area contributed by atoms with Gasteiger partial charge in [0.05, 0.1) is 11.0 Å². The van der Waals surface area contributed by atoms with Crippen molar-refractivity contribution in [3.05, 3.63) is 58.4 Å². The number of aliphatic hydroxyl groups is 1. The quantitative estimate of drug-likeness (QED) is 0.342. The molecule has 126 valence electrons. The van der Waals surface area contributed by atoms with Crippen LogP contribution in [-0.4, -0.2) is 30.5 Å². The lowest BCUT2D eigenvalue weighted by Gasteiger charge is -2.11. The Bertz CT molecular complexity index is 758. The highest BCUT2D eigenvalue weighted by Crippen LogP contribution is 2.40. The topological polar surface area (TPSA) is 94.1 Å². The number of nitro groups is 1. The van der Waals surface area contributed by atoms with Crippen molar-refractivity contribution in [2.45, 2.75) is 36.6 Å². The highest BCUT2D eigenvalue weighted by atomic mass is 32.2. The number of thioether (sulfide) groups is 1. The number of aromatic nitrogens is 3. The maximum Gasteiger partial charge on any atom is 0.269 e. The third-order valence-electron chi connectivity index (χ3n) is 3.84. The van der Waals surface area contributed by atoms with Gasteiger partial charge in [-0.1, -0.05) is 30.0 Å². The van der Waals surface area contributed by atoms with Gasteiger partial charge in [0, 0.05) is 30.3 Å². The van der Waals surface area contributed by atoms with Crippen LogP contribution in [0, 0.1) is 10.1 Å². The van der Waals surface area contributed by atoms with Crippen molar-refractivity contribution in [1.29, 1.82) is 0 Å². The van der Waals surface area contributed by atoms with Crippen molar-refractivity contribution >= 4 is 17.4 Å². The summed E-state index contributed by atoms with van der Waals surface area (Å²) in [6.07, 6.45) is 3.26. The Morgan fingerprint density at radius 3 is 2.96 bits per heavy atom. The van der Waals surface area contributed by atoms with E-state index in [1.54, 1.807) is 18.2 Å². The average Bonchev–Trinajstić information content (AvgIpc) is 3.35. The molecule has 1 saturated carbocycles. The second-order valence-corrected chi connectivity index (χ2v) is 6.68. The summed E-state index contributed by atoms with van der Waals surface area (Å²) in [5.41, 5.74) is 0.497. The fourth-order valence-electron chi connectivity index (χ4n) is 2.45. The summed E-state index contributed by atoms with van der Waals surface area (Å²) < 4.78 is 2.02. The van der Waals surface area contributed by atoms with Crippen molar-refractivity contribution in [3.8, 4) is 0 Å². The number of nitrogens with zero attached hydrogens (tertiary/aromatic N) is 4. The van der Waals surface area contributed by atoms with Gasteiger partial charge in [0.25, 0.3) is 5.69 Å². The Hall–Kier alpha value is -2.19. The molecule has 8 heteroatoms. The zero-order valence-electron chi connectivity index (χ0n) is 13.0. The second kappa shape index (κ2) is 7.14. The third-order valence-corrected chi connectivity index (χ3v) is 4.88. The van der Waals surface area contributed by atoms with Gasteiger partial charge in [0.15, 0.2) is 5.16 Å². The van der Waals surface area contributed by atoms with Crippen LogP contribution in [0.1, 0.15) is 36.3 Å². The first-order chi connectivity index (χ1) is 11.6. The van der Waals surface area contributed by atoms with E-state index in [1.165, 1.54) is 23.9 Å². The first-order valence-corrected chi connectivity index (χ1v) is 8.68. The molecule has 3 rings (SSSR count). The van der Waals surface area contributed by atoms with Crippen LogP contribution in [0.3, 0.4) is 0 Å². The van der Waals surface area contributed by atoms with E-state index in [2.05, 4.69) is 16.8 Å². The van der Waals surface area contributed by atoms with E-state index in [0.29, 0.717) is 23.8 Å². The van der Waals surface area contributed by atoms with Gasteiger partial charge >= 0.3 is 0 Å². The first kappa shape index (κ1) is 16.7. The minimum atomic E-state index is -0.812. The van der Waals surface area contributed by atoms with Gasteiger partial charge in [0.1, 0.15) is 5.82 Å². The van der Waals surface area contributed by atoms with E-state index >= 15 is 0 Å². The number of nitro benzene ring substituents is 1. The van der Waals surface area contributed by atoms with Gasteiger partial charge in [0.2, 0.25) is 0 Å². The molecule has 0 spiro atoms. The number of aliphatic hydroxyl groups excluding tert-OH is 1. The van der Waals surface area contributed by atoms with E-state index in [4.69, 9.17) is 0 Å². The number of benzene rings is 1. The van der Waals surface area contributed by atoms with Crippen LogP contribution in [0.5, 0.6) is 0 Å².